The van der Waals surface area contributed by atoms with E-state index in [9.17, 15) is 4.79 Å². The van der Waals surface area contributed by atoms with Gasteiger partial charge in [0.25, 0.3) is 0 Å². The molecule has 1 aliphatic carbocycles. The van der Waals surface area contributed by atoms with Crippen molar-refractivity contribution in [3.63, 3.8) is 0 Å². The highest BCUT2D eigenvalue weighted by atomic mass is 79.9. The first-order valence-corrected chi connectivity index (χ1v) is 8.79. The predicted octanol–water partition coefficient (Wildman–Crippen LogP) is 3.43. The van der Waals surface area contributed by atoms with Crippen molar-refractivity contribution in [2.24, 2.45) is 7.05 Å². The first-order chi connectivity index (χ1) is 12.1. The Morgan fingerprint density at radius 2 is 2.16 bits per heavy atom. The van der Waals surface area contributed by atoms with Crippen LogP contribution in [0.2, 0.25) is 0 Å². The molecule has 0 amide bonds. The summed E-state index contributed by atoms with van der Waals surface area (Å²) in [6.45, 7) is 0. The van der Waals surface area contributed by atoms with Gasteiger partial charge in [-0.3, -0.25) is 4.68 Å². The van der Waals surface area contributed by atoms with Gasteiger partial charge in [0.15, 0.2) is 0 Å². The zero-order chi connectivity index (χ0) is 17.6. The summed E-state index contributed by atoms with van der Waals surface area (Å²) < 4.78 is 9.75. The van der Waals surface area contributed by atoms with Gasteiger partial charge in [0, 0.05) is 47.1 Å². The van der Waals surface area contributed by atoms with E-state index in [4.69, 9.17) is 4.74 Å². The van der Waals surface area contributed by atoms with E-state index in [1.807, 2.05) is 49.8 Å². The summed E-state index contributed by atoms with van der Waals surface area (Å²) in [6.07, 6.45) is 4.81. The van der Waals surface area contributed by atoms with Crippen molar-refractivity contribution in [2.45, 2.75) is 18.3 Å². The van der Waals surface area contributed by atoms with Gasteiger partial charge in [-0.2, -0.15) is 0 Å². The number of methoxy groups -OCH3 is 1. The van der Waals surface area contributed by atoms with Crippen LogP contribution < -0.4 is 0 Å². The van der Waals surface area contributed by atoms with E-state index in [1.165, 1.54) is 7.11 Å². The van der Waals surface area contributed by atoms with Crippen LogP contribution in [0.4, 0.5) is 0 Å². The number of rotatable bonds is 4. The average molecular weight is 401 g/mol. The fraction of sp³-hybridized carbons (Fsp3) is 0.278. The summed E-state index contributed by atoms with van der Waals surface area (Å²) in [5.41, 5.74) is 3.55. The normalized spacial score (nSPS) is 19.0. The molecule has 1 aliphatic rings. The van der Waals surface area contributed by atoms with E-state index >= 15 is 0 Å². The van der Waals surface area contributed by atoms with E-state index in [0.29, 0.717) is 5.56 Å². The molecular formula is C18H17BrN4O2. The second kappa shape index (κ2) is 6.15. The molecule has 0 unspecified atom stereocenters. The molecule has 2 aromatic heterocycles. The van der Waals surface area contributed by atoms with Gasteiger partial charge in [0.05, 0.1) is 18.4 Å². The summed E-state index contributed by atoms with van der Waals surface area (Å²) in [5, 5.41) is 8.25. The average Bonchev–Trinajstić information content (AvgIpc) is 3.06. The highest BCUT2D eigenvalue weighted by molar-refractivity contribution is 9.10. The molecule has 0 bridgehead atoms. The van der Waals surface area contributed by atoms with E-state index < -0.39 is 0 Å². The molecule has 7 heteroatoms. The molecule has 4 rings (SSSR count). The molecule has 0 saturated heterocycles. The predicted molar refractivity (Wildman–Crippen MR) is 95.9 cm³/mol. The van der Waals surface area contributed by atoms with Crippen LogP contribution in [0.15, 0.2) is 47.2 Å². The second-order valence-corrected chi connectivity index (χ2v) is 7.14. The van der Waals surface area contributed by atoms with Crippen LogP contribution in [-0.4, -0.2) is 32.6 Å². The lowest BCUT2D eigenvalue weighted by Crippen LogP contribution is -2.07. The number of aromatic nitrogens is 4. The summed E-state index contributed by atoms with van der Waals surface area (Å²) in [4.78, 5) is 12.2. The fourth-order valence-corrected chi connectivity index (χ4v) is 3.70. The second-order valence-electron chi connectivity index (χ2n) is 6.22. The number of nitrogens with zero attached hydrogens (tertiary/aromatic N) is 4. The van der Waals surface area contributed by atoms with Crippen LogP contribution in [0, 0.1) is 0 Å². The first kappa shape index (κ1) is 16.1. The summed E-state index contributed by atoms with van der Waals surface area (Å²) in [7, 11) is 3.27. The van der Waals surface area contributed by atoms with Gasteiger partial charge in [-0.1, -0.05) is 27.2 Å². The van der Waals surface area contributed by atoms with Crippen molar-refractivity contribution in [3.8, 4) is 5.69 Å². The Balaban J connectivity index is 1.77. The highest BCUT2D eigenvalue weighted by Crippen LogP contribution is 2.55. The lowest BCUT2D eigenvalue weighted by atomic mass is 10.1. The molecule has 0 N–H and O–H groups in total. The Morgan fingerprint density at radius 1 is 1.32 bits per heavy atom. The Labute approximate surface area is 153 Å². The largest absolute Gasteiger partial charge is 0.465 e. The van der Waals surface area contributed by atoms with Gasteiger partial charge in [-0.15, -0.1) is 5.10 Å². The van der Waals surface area contributed by atoms with Crippen LogP contribution in [0.3, 0.4) is 0 Å². The minimum atomic E-state index is -0.312. The highest BCUT2D eigenvalue weighted by Gasteiger charge is 2.45. The Hall–Kier alpha value is -2.41. The lowest BCUT2D eigenvalue weighted by molar-refractivity contribution is 0.0599. The molecule has 1 fully saturated rings. The standard InChI is InChI=1S/C18H17BrN4O2/c1-22-10-16(20-21-22)14-9-15(14)17-13(18(24)25-2)6-7-23(17)12-5-3-4-11(19)8-12/h3-8,10,14-15H,9H2,1-2H3/t14-,15-/m1/s1. The van der Waals surface area contributed by atoms with Crippen LogP contribution in [0.1, 0.15) is 40.0 Å². The molecule has 0 radical (unpaired) electrons. The summed E-state index contributed by atoms with van der Waals surface area (Å²) in [6, 6.07) is 9.84. The number of carbonyl (C=O) groups excluding carboxylic acids is 1. The lowest BCUT2D eigenvalue weighted by Gasteiger charge is -2.11. The van der Waals surface area contributed by atoms with Crippen molar-refractivity contribution in [1.29, 1.82) is 0 Å². The van der Waals surface area contributed by atoms with Gasteiger partial charge in [-0.25, -0.2) is 4.79 Å². The molecule has 128 valence electrons. The smallest absolute Gasteiger partial charge is 0.339 e. The molecule has 0 spiro atoms. The van der Waals surface area contributed by atoms with Crippen LogP contribution in [0.5, 0.6) is 0 Å². The molecule has 3 aromatic rings. The molecule has 0 aliphatic heterocycles. The van der Waals surface area contributed by atoms with Crippen molar-refractivity contribution in [2.75, 3.05) is 7.11 Å². The third kappa shape index (κ3) is 2.89. The van der Waals surface area contributed by atoms with Gasteiger partial charge in [0.1, 0.15) is 0 Å². The van der Waals surface area contributed by atoms with Crippen molar-refractivity contribution in [3.05, 3.63) is 64.1 Å². The maximum Gasteiger partial charge on any atom is 0.339 e. The number of hydrogen-bond donors (Lipinski definition) is 0. The minimum absolute atomic E-state index is 0.222. The van der Waals surface area contributed by atoms with Crippen molar-refractivity contribution >= 4 is 21.9 Å². The molecule has 6 nitrogen and oxygen atoms in total. The van der Waals surface area contributed by atoms with Crippen LogP contribution in [-0.2, 0) is 11.8 Å². The number of esters is 1. The molecule has 25 heavy (non-hydrogen) atoms. The van der Waals surface area contributed by atoms with Crippen molar-refractivity contribution < 1.29 is 9.53 Å². The van der Waals surface area contributed by atoms with Gasteiger partial charge in [-0.05, 0) is 30.7 Å². The molecule has 1 saturated carbocycles. The molecule has 2 heterocycles. The van der Waals surface area contributed by atoms with Gasteiger partial charge in [0.2, 0.25) is 0 Å². The van der Waals surface area contributed by atoms with Crippen LogP contribution >= 0.6 is 15.9 Å². The number of carbonyl (C=O) groups is 1. The summed E-state index contributed by atoms with van der Waals surface area (Å²) >= 11 is 3.51. The quantitative estimate of drug-likeness (QED) is 0.629. The van der Waals surface area contributed by atoms with Gasteiger partial charge < -0.3 is 9.30 Å². The number of ether oxygens (including phenoxy) is 1. The van der Waals surface area contributed by atoms with E-state index in [0.717, 1.165) is 28.0 Å². The van der Waals surface area contributed by atoms with E-state index in [-0.39, 0.29) is 17.8 Å². The van der Waals surface area contributed by atoms with Gasteiger partial charge >= 0.3 is 5.97 Å². The maximum absolute atomic E-state index is 12.2. The molecule has 2 atom stereocenters. The number of benzene rings is 1. The monoisotopic (exact) mass is 400 g/mol. The fourth-order valence-electron chi connectivity index (χ4n) is 3.32. The molecule has 1 aromatic carbocycles. The Morgan fingerprint density at radius 3 is 2.84 bits per heavy atom. The molecular weight excluding hydrogens is 384 g/mol. The third-order valence-electron chi connectivity index (χ3n) is 4.56. The third-order valence-corrected chi connectivity index (χ3v) is 5.05. The minimum Gasteiger partial charge on any atom is -0.465 e. The number of halogens is 1. The topological polar surface area (TPSA) is 61.9 Å². The zero-order valence-electron chi connectivity index (χ0n) is 13.9. The van der Waals surface area contributed by atoms with Crippen LogP contribution in [0.25, 0.3) is 5.69 Å². The Kier molecular flexibility index (Phi) is 3.95. The Bertz CT molecular complexity index is 946. The zero-order valence-corrected chi connectivity index (χ0v) is 15.5. The van der Waals surface area contributed by atoms with Crippen molar-refractivity contribution in [1.82, 2.24) is 19.6 Å². The maximum atomic E-state index is 12.2. The SMILES string of the molecule is COC(=O)c1ccn(-c2cccc(Br)c2)c1[C@@H]1C[C@H]1c1cn(C)nn1. The van der Waals surface area contributed by atoms with E-state index in [2.05, 4.69) is 30.8 Å². The first-order valence-electron chi connectivity index (χ1n) is 8.00. The van der Waals surface area contributed by atoms with E-state index in [1.54, 1.807) is 4.68 Å². The number of hydrogen-bond acceptors (Lipinski definition) is 4. The summed E-state index contributed by atoms with van der Waals surface area (Å²) in [5.74, 6) is 0.186. The number of aryl methyl sites for hydroxylation is 1.